The Hall–Kier alpha value is -2.23. The molecule has 2 aromatic carbocycles. The highest BCUT2D eigenvalue weighted by molar-refractivity contribution is 5.75. The van der Waals surface area contributed by atoms with E-state index in [0.717, 1.165) is 12.1 Å². The molecule has 0 N–H and O–H groups in total. The molecule has 0 atom stereocenters. The Morgan fingerprint density at radius 1 is 1.06 bits per heavy atom. The summed E-state index contributed by atoms with van der Waals surface area (Å²) in [4.78, 5) is 10.6. The summed E-state index contributed by atoms with van der Waals surface area (Å²) in [7, 11) is 0. The van der Waals surface area contributed by atoms with Gasteiger partial charge in [0.15, 0.2) is 0 Å². The van der Waals surface area contributed by atoms with Gasteiger partial charge in [-0.3, -0.25) is 4.79 Å². The minimum absolute atomic E-state index is 0.185. The maximum absolute atomic E-state index is 13.2. The average molecular weight is 248 g/mol. The molecule has 0 aliphatic carbocycles. The molecule has 4 heteroatoms. The first-order valence-electron chi connectivity index (χ1n) is 5.28. The molecule has 0 amide bonds. The van der Waals surface area contributed by atoms with E-state index < -0.39 is 5.82 Å². The lowest BCUT2D eigenvalue weighted by molar-refractivity contribution is 0.112. The summed E-state index contributed by atoms with van der Waals surface area (Å²) < 4.78 is 31.5. The molecule has 0 saturated heterocycles. The van der Waals surface area contributed by atoms with E-state index >= 15 is 0 Å². The number of halogens is 2. The number of hydrogen-bond acceptors (Lipinski definition) is 2. The van der Waals surface area contributed by atoms with Crippen LogP contribution in [0, 0.1) is 18.6 Å². The number of rotatable bonds is 3. The number of aryl methyl sites for hydroxylation is 1. The van der Waals surface area contributed by atoms with E-state index in [1.54, 1.807) is 6.92 Å². The summed E-state index contributed by atoms with van der Waals surface area (Å²) in [5.41, 5.74) is 0.775. The molecule has 2 aromatic rings. The van der Waals surface area contributed by atoms with Crippen molar-refractivity contribution in [3.05, 3.63) is 59.2 Å². The highest BCUT2D eigenvalue weighted by atomic mass is 19.1. The normalized spacial score (nSPS) is 10.2. The SMILES string of the molecule is Cc1cc(F)ccc1Oc1cc(F)cc(C=O)c1. The maximum Gasteiger partial charge on any atom is 0.150 e. The van der Waals surface area contributed by atoms with Crippen molar-refractivity contribution in [3.8, 4) is 11.5 Å². The summed E-state index contributed by atoms with van der Waals surface area (Å²) >= 11 is 0. The lowest BCUT2D eigenvalue weighted by Gasteiger charge is -2.09. The van der Waals surface area contributed by atoms with Gasteiger partial charge < -0.3 is 4.74 Å². The van der Waals surface area contributed by atoms with E-state index in [1.165, 1.54) is 24.3 Å². The van der Waals surface area contributed by atoms with Crippen LogP contribution in [-0.4, -0.2) is 6.29 Å². The molecule has 0 saturated carbocycles. The third kappa shape index (κ3) is 2.71. The van der Waals surface area contributed by atoms with Crippen LogP contribution < -0.4 is 4.74 Å². The second kappa shape index (κ2) is 4.96. The first-order chi connectivity index (χ1) is 8.58. The van der Waals surface area contributed by atoms with Gasteiger partial charge in [-0.15, -0.1) is 0 Å². The Labute approximate surface area is 103 Å². The lowest BCUT2D eigenvalue weighted by Crippen LogP contribution is -1.91. The van der Waals surface area contributed by atoms with Crippen LogP contribution in [0.2, 0.25) is 0 Å². The summed E-state index contributed by atoms with van der Waals surface area (Å²) in [5.74, 6) is -0.312. The second-order valence-corrected chi connectivity index (χ2v) is 3.85. The van der Waals surface area contributed by atoms with Crippen molar-refractivity contribution in [2.45, 2.75) is 6.92 Å². The van der Waals surface area contributed by atoms with Crippen molar-refractivity contribution < 1.29 is 18.3 Å². The first kappa shape index (κ1) is 12.2. The van der Waals surface area contributed by atoms with Crippen LogP contribution in [0.25, 0.3) is 0 Å². The van der Waals surface area contributed by atoms with Crippen LogP contribution in [0.15, 0.2) is 36.4 Å². The average Bonchev–Trinajstić information content (AvgIpc) is 2.32. The fourth-order valence-electron chi connectivity index (χ4n) is 1.57. The van der Waals surface area contributed by atoms with E-state index in [1.807, 2.05) is 0 Å². The molecule has 0 bridgehead atoms. The minimum atomic E-state index is -0.561. The molecule has 0 aromatic heterocycles. The van der Waals surface area contributed by atoms with Gasteiger partial charge in [0.2, 0.25) is 0 Å². The monoisotopic (exact) mass is 248 g/mol. The molecular weight excluding hydrogens is 238 g/mol. The van der Waals surface area contributed by atoms with Crippen molar-refractivity contribution in [2.24, 2.45) is 0 Å². The standard InChI is InChI=1S/C14H10F2O2/c1-9-4-11(15)2-3-14(9)18-13-6-10(8-17)5-12(16)7-13/h2-8H,1H3. The Morgan fingerprint density at radius 2 is 1.83 bits per heavy atom. The molecule has 0 fully saturated rings. The highest BCUT2D eigenvalue weighted by Gasteiger charge is 2.05. The van der Waals surface area contributed by atoms with E-state index in [2.05, 4.69) is 0 Å². The third-order valence-electron chi connectivity index (χ3n) is 2.39. The molecular formula is C14H10F2O2. The molecule has 2 rings (SSSR count). The Bertz CT molecular complexity index is 594. The van der Waals surface area contributed by atoms with Crippen LogP contribution in [0.4, 0.5) is 8.78 Å². The molecule has 18 heavy (non-hydrogen) atoms. The predicted molar refractivity (Wildman–Crippen MR) is 63.0 cm³/mol. The third-order valence-corrected chi connectivity index (χ3v) is 2.39. The molecule has 92 valence electrons. The molecule has 0 aliphatic rings. The molecule has 2 nitrogen and oxygen atoms in total. The molecule has 0 radical (unpaired) electrons. The van der Waals surface area contributed by atoms with Gasteiger partial charge in [0.25, 0.3) is 0 Å². The summed E-state index contributed by atoms with van der Waals surface area (Å²) in [6.45, 7) is 1.68. The van der Waals surface area contributed by atoms with Crippen LogP contribution in [0.5, 0.6) is 11.5 Å². The van der Waals surface area contributed by atoms with Gasteiger partial charge in [-0.05, 0) is 42.8 Å². The summed E-state index contributed by atoms with van der Waals surface area (Å²) in [5, 5.41) is 0. The van der Waals surface area contributed by atoms with E-state index in [4.69, 9.17) is 4.74 Å². The number of ether oxygens (including phenoxy) is 1. The largest absolute Gasteiger partial charge is 0.457 e. The van der Waals surface area contributed by atoms with Gasteiger partial charge in [-0.25, -0.2) is 8.78 Å². The Balaban J connectivity index is 2.33. The molecule has 0 unspecified atom stereocenters. The van der Waals surface area contributed by atoms with Crippen LogP contribution >= 0.6 is 0 Å². The van der Waals surface area contributed by atoms with Gasteiger partial charge in [-0.2, -0.15) is 0 Å². The Morgan fingerprint density at radius 3 is 2.50 bits per heavy atom. The van der Waals surface area contributed by atoms with Gasteiger partial charge >= 0.3 is 0 Å². The van der Waals surface area contributed by atoms with E-state index in [-0.39, 0.29) is 17.1 Å². The van der Waals surface area contributed by atoms with Crippen LogP contribution in [0.3, 0.4) is 0 Å². The smallest absolute Gasteiger partial charge is 0.150 e. The zero-order valence-corrected chi connectivity index (χ0v) is 9.61. The summed E-state index contributed by atoms with van der Waals surface area (Å²) in [6.07, 6.45) is 0.535. The quantitative estimate of drug-likeness (QED) is 0.770. The van der Waals surface area contributed by atoms with Crippen LogP contribution in [-0.2, 0) is 0 Å². The van der Waals surface area contributed by atoms with Crippen LogP contribution in [0.1, 0.15) is 15.9 Å². The van der Waals surface area contributed by atoms with Crippen molar-refractivity contribution in [1.29, 1.82) is 0 Å². The first-order valence-corrected chi connectivity index (χ1v) is 5.28. The number of aldehydes is 1. The number of hydrogen-bond donors (Lipinski definition) is 0. The number of benzene rings is 2. The van der Waals surface area contributed by atoms with Crippen molar-refractivity contribution in [3.63, 3.8) is 0 Å². The fraction of sp³-hybridized carbons (Fsp3) is 0.0714. The Kier molecular flexibility index (Phi) is 3.37. The van der Waals surface area contributed by atoms with Gasteiger partial charge in [0.05, 0.1) is 0 Å². The van der Waals surface area contributed by atoms with Crippen molar-refractivity contribution in [2.75, 3.05) is 0 Å². The van der Waals surface area contributed by atoms with Crippen molar-refractivity contribution in [1.82, 2.24) is 0 Å². The van der Waals surface area contributed by atoms with Crippen molar-refractivity contribution >= 4 is 6.29 Å². The fourth-order valence-corrected chi connectivity index (χ4v) is 1.57. The number of carbonyl (C=O) groups excluding carboxylic acids is 1. The maximum atomic E-state index is 13.2. The summed E-state index contributed by atoms with van der Waals surface area (Å²) in [6, 6.07) is 7.71. The zero-order chi connectivity index (χ0) is 13.1. The molecule has 0 heterocycles. The van der Waals surface area contributed by atoms with E-state index in [9.17, 15) is 13.6 Å². The lowest BCUT2D eigenvalue weighted by atomic mass is 10.2. The predicted octanol–water partition coefficient (Wildman–Crippen LogP) is 3.88. The molecule has 0 spiro atoms. The highest BCUT2D eigenvalue weighted by Crippen LogP contribution is 2.26. The molecule has 0 aliphatic heterocycles. The van der Waals surface area contributed by atoms with E-state index in [0.29, 0.717) is 17.6 Å². The zero-order valence-electron chi connectivity index (χ0n) is 9.61. The van der Waals surface area contributed by atoms with Gasteiger partial charge in [0, 0.05) is 11.6 Å². The topological polar surface area (TPSA) is 26.3 Å². The van der Waals surface area contributed by atoms with Gasteiger partial charge in [-0.1, -0.05) is 0 Å². The van der Waals surface area contributed by atoms with Gasteiger partial charge in [0.1, 0.15) is 29.4 Å². The number of carbonyl (C=O) groups is 1. The minimum Gasteiger partial charge on any atom is -0.457 e. The second-order valence-electron chi connectivity index (χ2n) is 3.85.